The zero-order valence-electron chi connectivity index (χ0n) is 14.8. The third-order valence-corrected chi connectivity index (χ3v) is 4.90. The maximum Gasteiger partial charge on any atom is 0.192 e. The minimum Gasteiger partial charge on any atom is -0.857 e. The van der Waals surface area contributed by atoms with Crippen LogP contribution in [0.5, 0.6) is 11.6 Å². The first-order chi connectivity index (χ1) is 13.7. The number of nitrogens with zero attached hydrogens (tertiary/aromatic N) is 4. The molecule has 0 unspecified atom stereocenters. The molecule has 0 bridgehead atoms. The second kappa shape index (κ2) is 8.26. The van der Waals surface area contributed by atoms with Crippen LogP contribution < -0.4 is 9.84 Å². The average Bonchev–Trinajstić information content (AvgIpc) is 3.09. The summed E-state index contributed by atoms with van der Waals surface area (Å²) in [4.78, 5) is 8.82. The Morgan fingerprint density at radius 3 is 2.71 bits per heavy atom. The van der Waals surface area contributed by atoms with Crippen LogP contribution in [0.15, 0.2) is 65.8 Å². The van der Waals surface area contributed by atoms with Gasteiger partial charge in [-0.25, -0.2) is 14.4 Å². The standard InChI is InChI=1S/C20H17FN4O2S/c21-15-7-4-6-14(12-15)19-22-17-13-18(26)24-25(17)20(23-19)28-11-5-10-27-16-8-2-1-3-9-16/h1-4,6-9,12-13H,5,10-11H2,(H,24,26)/p-1. The molecule has 6 nitrogen and oxygen atoms in total. The van der Waals surface area contributed by atoms with Gasteiger partial charge in [-0.15, -0.1) is 0 Å². The van der Waals surface area contributed by atoms with Gasteiger partial charge in [0.1, 0.15) is 11.6 Å². The van der Waals surface area contributed by atoms with E-state index in [2.05, 4.69) is 15.1 Å². The molecule has 0 saturated heterocycles. The minimum absolute atomic E-state index is 0.356. The lowest BCUT2D eigenvalue weighted by molar-refractivity contribution is -0.275. The molecule has 142 valence electrons. The largest absolute Gasteiger partial charge is 0.857 e. The number of thioether (sulfide) groups is 1. The third-order valence-electron chi connectivity index (χ3n) is 3.89. The van der Waals surface area contributed by atoms with Gasteiger partial charge in [-0.3, -0.25) is 0 Å². The maximum absolute atomic E-state index is 13.6. The summed E-state index contributed by atoms with van der Waals surface area (Å²) in [6.07, 6.45) is 0.784. The van der Waals surface area contributed by atoms with Gasteiger partial charge in [-0.1, -0.05) is 42.1 Å². The molecule has 0 fully saturated rings. The lowest BCUT2D eigenvalue weighted by Crippen LogP contribution is -2.04. The second-order valence-electron chi connectivity index (χ2n) is 5.96. The maximum atomic E-state index is 13.6. The Balaban J connectivity index is 1.49. The predicted octanol–water partition coefficient (Wildman–Crippen LogP) is 3.57. The number of aromatic nitrogens is 4. The minimum atomic E-state index is -0.389. The molecule has 0 saturated carbocycles. The molecular weight excluding hydrogens is 379 g/mol. The highest BCUT2D eigenvalue weighted by Crippen LogP contribution is 2.24. The van der Waals surface area contributed by atoms with Crippen molar-refractivity contribution in [3.63, 3.8) is 0 Å². The summed E-state index contributed by atoms with van der Waals surface area (Å²) in [5, 5.41) is 16.1. The van der Waals surface area contributed by atoms with E-state index in [1.54, 1.807) is 12.1 Å². The van der Waals surface area contributed by atoms with Crippen LogP contribution in [0.4, 0.5) is 4.39 Å². The highest BCUT2D eigenvalue weighted by molar-refractivity contribution is 7.99. The van der Waals surface area contributed by atoms with Crippen LogP contribution in [-0.2, 0) is 0 Å². The number of halogens is 1. The number of ether oxygens (including phenoxy) is 1. The van der Waals surface area contributed by atoms with Gasteiger partial charge in [-0.05, 0) is 36.8 Å². The van der Waals surface area contributed by atoms with Crippen molar-refractivity contribution < 1.29 is 14.2 Å². The smallest absolute Gasteiger partial charge is 0.192 e. The first-order valence-electron chi connectivity index (χ1n) is 8.70. The SMILES string of the molecule is [O-]c1cc2nc(-c3cccc(F)c3)nc(SCCCOc3ccccc3)n2n1. The van der Waals surface area contributed by atoms with Crippen LogP contribution >= 0.6 is 11.8 Å². The Morgan fingerprint density at radius 1 is 1.04 bits per heavy atom. The molecule has 2 aromatic heterocycles. The fraction of sp³-hybridized carbons (Fsp3) is 0.150. The Kier molecular flexibility index (Phi) is 5.38. The van der Waals surface area contributed by atoms with Crippen molar-refractivity contribution in [1.82, 2.24) is 19.6 Å². The molecule has 0 atom stereocenters. The molecule has 4 rings (SSSR count). The molecule has 2 heterocycles. The molecule has 28 heavy (non-hydrogen) atoms. The molecule has 0 radical (unpaired) electrons. The lowest BCUT2D eigenvalue weighted by atomic mass is 10.2. The quantitative estimate of drug-likeness (QED) is 0.352. The molecule has 0 aliphatic carbocycles. The summed E-state index contributed by atoms with van der Waals surface area (Å²) in [5.74, 6) is 1.14. The number of rotatable bonds is 7. The van der Waals surface area contributed by atoms with Gasteiger partial charge in [0.25, 0.3) is 0 Å². The first kappa shape index (κ1) is 18.2. The van der Waals surface area contributed by atoms with Gasteiger partial charge in [0, 0.05) is 17.2 Å². The number of benzene rings is 2. The van der Waals surface area contributed by atoms with Crippen LogP contribution in [-0.4, -0.2) is 31.9 Å². The lowest BCUT2D eigenvalue weighted by Gasteiger charge is -2.08. The molecular formula is C20H16FN4O2S-. The number of hydrogen-bond donors (Lipinski definition) is 0. The van der Waals surface area contributed by atoms with E-state index >= 15 is 0 Å². The second-order valence-corrected chi connectivity index (χ2v) is 7.02. The van der Waals surface area contributed by atoms with Crippen molar-refractivity contribution in [2.75, 3.05) is 12.4 Å². The molecule has 0 aliphatic rings. The highest BCUT2D eigenvalue weighted by atomic mass is 32.2. The van der Waals surface area contributed by atoms with Crippen molar-refractivity contribution >= 4 is 17.4 Å². The van der Waals surface area contributed by atoms with Gasteiger partial charge in [0.05, 0.1) is 6.61 Å². The number of hydrogen-bond acceptors (Lipinski definition) is 6. The molecule has 0 aliphatic heterocycles. The summed E-state index contributed by atoms with van der Waals surface area (Å²) < 4.78 is 20.7. The van der Waals surface area contributed by atoms with Crippen LogP contribution in [0.3, 0.4) is 0 Å². The molecule has 4 aromatic rings. The molecule has 0 N–H and O–H groups in total. The van der Waals surface area contributed by atoms with Crippen molar-refractivity contribution in [3.05, 3.63) is 66.5 Å². The Hall–Kier alpha value is -3.13. The Morgan fingerprint density at radius 2 is 1.89 bits per heavy atom. The van der Waals surface area contributed by atoms with E-state index in [0.717, 1.165) is 17.9 Å². The van der Waals surface area contributed by atoms with Crippen molar-refractivity contribution in [2.24, 2.45) is 0 Å². The summed E-state index contributed by atoms with van der Waals surface area (Å²) in [7, 11) is 0. The van der Waals surface area contributed by atoms with Gasteiger partial charge >= 0.3 is 0 Å². The van der Waals surface area contributed by atoms with Crippen LogP contribution in [0, 0.1) is 5.82 Å². The van der Waals surface area contributed by atoms with E-state index in [9.17, 15) is 9.50 Å². The predicted molar refractivity (Wildman–Crippen MR) is 103 cm³/mol. The average molecular weight is 395 g/mol. The summed E-state index contributed by atoms with van der Waals surface area (Å²) in [6, 6.07) is 17.0. The van der Waals surface area contributed by atoms with Crippen LogP contribution in [0.25, 0.3) is 17.0 Å². The van der Waals surface area contributed by atoms with Gasteiger partial charge in [0.15, 0.2) is 16.6 Å². The number of para-hydroxylation sites is 1. The monoisotopic (exact) mass is 395 g/mol. The third kappa shape index (κ3) is 4.23. The summed E-state index contributed by atoms with van der Waals surface area (Å²) >= 11 is 1.45. The summed E-state index contributed by atoms with van der Waals surface area (Å²) in [6.45, 7) is 0.563. The Labute approximate surface area is 165 Å². The molecule has 0 amide bonds. The van der Waals surface area contributed by atoms with Gasteiger partial charge in [-0.2, -0.15) is 9.61 Å². The molecule has 8 heteroatoms. The molecule has 2 aromatic carbocycles. The van der Waals surface area contributed by atoms with Gasteiger partial charge in [0.2, 0.25) is 0 Å². The van der Waals surface area contributed by atoms with E-state index in [4.69, 9.17) is 4.74 Å². The topological polar surface area (TPSA) is 75.4 Å². The molecule has 0 spiro atoms. The number of fused-ring (bicyclic) bond motifs is 1. The van der Waals surface area contributed by atoms with E-state index < -0.39 is 0 Å². The summed E-state index contributed by atoms with van der Waals surface area (Å²) in [5.41, 5.74) is 0.938. The van der Waals surface area contributed by atoms with E-state index in [0.29, 0.717) is 28.8 Å². The first-order valence-corrected chi connectivity index (χ1v) is 9.69. The van der Waals surface area contributed by atoms with Crippen molar-refractivity contribution in [3.8, 4) is 23.0 Å². The normalized spacial score (nSPS) is 11.0. The van der Waals surface area contributed by atoms with E-state index in [1.807, 2.05) is 30.3 Å². The van der Waals surface area contributed by atoms with Crippen molar-refractivity contribution in [2.45, 2.75) is 11.6 Å². The van der Waals surface area contributed by atoms with E-state index in [-0.39, 0.29) is 11.7 Å². The van der Waals surface area contributed by atoms with Crippen LogP contribution in [0.1, 0.15) is 6.42 Å². The van der Waals surface area contributed by atoms with Crippen LogP contribution in [0.2, 0.25) is 0 Å². The van der Waals surface area contributed by atoms with Crippen molar-refractivity contribution in [1.29, 1.82) is 0 Å². The fourth-order valence-corrected chi connectivity index (χ4v) is 3.47. The fourth-order valence-electron chi connectivity index (χ4n) is 2.62. The Bertz CT molecular complexity index is 1090. The zero-order valence-corrected chi connectivity index (χ0v) is 15.6. The van der Waals surface area contributed by atoms with Gasteiger partial charge < -0.3 is 9.84 Å². The van der Waals surface area contributed by atoms with E-state index in [1.165, 1.54) is 34.5 Å². The highest BCUT2D eigenvalue weighted by Gasteiger charge is 2.11. The zero-order chi connectivity index (χ0) is 19.3.